The van der Waals surface area contributed by atoms with Crippen molar-refractivity contribution in [3.63, 3.8) is 0 Å². The number of amides is 1. The van der Waals surface area contributed by atoms with E-state index in [0.29, 0.717) is 5.76 Å². The van der Waals surface area contributed by atoms with E-state index in [9.17, 15) is 4.79 Å². The number of likely N-dealkylation sites (N-methyl/N-ethyl adjacent to an activating group) is 2. The van der Waals surface area contributed by atoms with Gasteiger partial charge in [0.25, 0.3) is 5.91 Å². The van der Waals surface area contributed by atoms with Gasteiger partial charge in [-0.15, -0.1) is 0 Å². The van der Waals surface area contributed by atoms with Crippen LogP contribution in [0.3, 0.4) is 0 Å². The van der Waals surface area contributed by atoms with E-state index in [2.05, 4.69) is 29.2 Å². The molecule has 0 bridgehead atoms. The molecule has 0 atom stereocenters. The summed E-state index contributed by atoms with van der Waals surface area (Å²) in [5, 5.41) is 7.51. The Morgan fingerprint density at radius 1 is 1.41 bits per heavy atom. The summed E-state index contributed by atoms with van der Waals surface area (Å²) in [6, 6.07) is 3.58. The fourth-order valence-corrected chi connectivity index (χ4v) is 2.21. The zero-order chi connectivity index (χ0) is 12.3. The molecule has 1 N–H and O–H groups in total. The summed E-state index contributed by atoms with van der Waals surface area (Å²) in [5.41, 5.74) is 0. The molecule has 17 heavy (non-hydrogen) atoms. The van der Waals surface area contributed by atoms with Crippen LogP contribution in [0.25, 0.3) is 0 Å². The van der Waals surface area contributed by atoms with Gasteiger partial charge in [0.05, 0.1) is 12.3 Å². The molecule has 0 aromatic carbocycles. The van der Waals surface area contributed by atoms with E-state index in [-0.39, 0.29) is 11.9 Å². The van der Waals surface area contributed by atoms with Crippen LogP contribution >= 0.6 is 0 Å². The van der Waals surface area contributed by atoms with Gasteiger partial charge in [0.15, 0.2) is 5.76 Å². The van der Waals surface area contributed by atoms with Crippen LogP contribution in [0.1, 0.15) is 24.4 Å². The van der Waals surface area contributed by atoms with Gasteiger partial charge in [0, 0.05) is 26.2 Å². The Balaban J connectivity index is 1.91. The lowest BCUT2D eigenvalue weighted by atomic mass is 10.3. The molecule has 0 saturated carbocycles. The van der Waals surface area contributed by atoms with Crippen LogP contribution in [0.15, 0.2) is 22.8 Å². The lowest BCUT2D eigenvalue weighted by Crippen LogP contribution is -2.38. The maximum atomic E-state index is 11.8. The minimum atomic E-state index is -0.131. The summed E-state index contributed by atoms with van der Waals surface area (Å²) in [6.07, 6.45) is 1.51. The van der Waals surface area contributed by atoms with Gasteiger partial charge in [-0.1, -0.05) is 13.8 Å². The number of hydrogen-bond donors (Lipinski definition) is 1. The first-order valence-corrected chi connectivity index (χ1v) is 6.08. The van der Waals surface area contributed by atoms with E-state index in [0.717, 1.165) is 26.2 Å². The molecule has 5 nitrogen and oxygen atoms in total. The van der Waals surface area contributed by atoms with Crippen LogP contribution in [0.4, 0.5) is 0 Å². The second kappa shape index (κ2) is 5.33. The number of nitrogens with zero attached hydrogens (tertiary/aromatic N) is 2. The second-order valence-electron chi connectivity index (χ2n) is 4.16. The summed E-state index contributed by atoms with van der Waals surface area (Å²) in [6.45, 7) is 7.94. The molecule has 1 aromatic heterocycles. The summed E-state index contributed by atoms with van der Waals surface area (Å²) < 4.78 is 5.07. The number of rotatable bonds is 4. The van der Waals surface area contributed by atoms with Crippen LogP contribution < -0.4 is 5.32 Å². The summed E-state index contributed by atoms with van der Waals surface area (Å²) in [4.78, 5) is 11.8. The number of hydrogen-bond acceptors (Lipinski definition) is 4. The molecular formula is C12H19N3O2. The predicted molar refractivity (Wildman–Crippen MR) is 64.5 cm³/mol. The van der Waals surface area contributed by atoms with E-state index < -0.39 is 0 Å². The fourth-order valence-electron chi connectivity index (χ4n) is 2.21. The predicted octanol–water partition coefficient (Wildman–Crippen LogP) is 0.950. The van der Waals surface area contributed by atoms with Crippen molar-refractivity contribution in [1.29, 1.82) is 0 Å². The molecule has 0 spiro atoms. The zero-order valence-corrected chi connectivity index (χ0v) is 10.3. The molecule has 1 saturated heterocycles. The van der Waals surface area contributed by atoms with E-state index in [4.69, 9.17) is 4.42 Å². The van der Waals surface area contributed by atoms with E-state index in [1.165, 1.54) is 6.26 Å². The first-order chi connectivity index (χ1) is 8.24. The Morgan fingerprint density at radius 2 is 2.06 bits per heavy atom. The number of carbonyl (C=O) groups excluding carboxylic acids is 1. The second-order valence-corrected chi connectivity index (χ2v) is 4.16. The summed E-state index contributed by atoms with van der Waals surface area (Å²) in [5.74, 6) is 0.247. The van der Waals surface area contributed by atoms with Gasteiger partial charge < -0.3 is 9.73 Å². The highest BCUT2D eigenvalue weighted by Gasteiger charge is 2.29. The molecule has 1 aromatic rings. The normalized spacial score (nSPS) is 18.7. The Morgan fingerprint density at radius 3 is 2.53 bits per heavy atom. The highest BCUT2D eigenvalue weighted by Crippen LogP contribution is 2.11. The minimum Gasteiger partial charge on any atom is -0.459 e. The molecule has 1 fully saturated rings. The maximum Gasteiger partial charge on any atom is 0.287 e. The van der Waals surface area contributed by atoms with E-state index >= 15 is 0 Å². The first-order valence-electron chi connectivity index (χ1n) is 6.08. The third-order valence-electron chi connectivity index (χ3n) is 3.07. The molecule has 0 radical (unpaired) electrons. The monoisotopic (exact) mass is 237 g/mol. The lowest BCUT2D eigenvalue weighted by Gasteiger charge is -2.24. The molecule has 1 amide bonds. The van der Waals surface area contributed by atoms with Crippen molar-refractivity contribution in [1.82, 2.24) is 15.3 Å². The smallest absolute Gasteiger partial charge is 0.287 e. The largest absolute Gasteiger partial charge is 0.459 e. The molecule has 5 heteroatoms. The van der Waals surface area contributed by atoms with Gasteiger partial charge in [-0.2, -0.15) is 0 Å². The topological polar surface area (TPSA) is 48.7 Å². The van der Waals surface area contributed by atoms with Gasteiger partial charge in [0.2, 0.25) is 0 Å². The lowest BCUT2D eigenvalue weighted by molar-refractivity contribution is 0.0388. The highest BCUT2D eigenvalue weighted by molar-refractivity contribution is 5.91. The SMILES string of the molecule is CCN1CC(NC(=O)c2ccco2)CN1CC. The first kappa shape index (κ1) is 12.1. The quantitative estimate of drug-likeness (QED) is 0.847. The highest BCUT2D eigenvalue weighted by atomic mass is 16.3. The summed E-state index contributed by atoms with van der Waals surface area (Å²) >= 11 is 0. The Labute approximate surface area is 101 Å². The molecular weight excluding hydrogens is 218 g/mol. The van der Waals surface area contributed by atoms with Crippen LogP contribution in [0.2, 0.25) is 0 Å². The van der Waals surface area contributed by atoms with Crippen molar-refractivity contribution < 1.29 is 9.21 Å². The van der Waals surface area contributed by atoms with Crippen LogP contribution in [-0.2, 0) is 0 Å². The maximum absolute atomic E-state index is 11.8. The Kier molecular flexibility index (Phi) is 3.81. The van der Waals surface area contributed by atoms with Crippen molar-refractivity contribution in [3.05, 3.63) is 24.2 Å². The molecule has 2 heterocycles. The molecule has 0 aliphatic carbocycles. The van der Waals surface area contributed by atoms with Crippen molar-refractivity contribution >= 4 is 5.91 Å². The van der Waals surface area contributed by atoms with Gasteiger partial charge >= 0.3 is 0 Å². The Hall–Kier alpha value is -1.33. The summed E-state index contributed by atoms with van der Waals surface area (Å²) in [7, 11) is 0. The fraction of sp³-hybridized carbons (Fsp3) is 0.583. The minimum absolute atomic E-state index is 0.131. The average molecular weight is 237 g/mol. The number of carbonyl (C=O) groups is 1. The number of furan rings is 1. The molecule has 2 rings (SSSR count). The average Bonchev–Trinajstić information content (AvgIpc) is 2.97. The van der Waals surface area contributed by atoms with Gasteiger partial charge in [-0.05, 0) is 12.1 Å². The molecule has 1 aliphatic rings. The zero-order valence-electron chi connectivity index (χ0n) is 10.3. The van der Waals surface area contributed by atoms with Crippen LogP contribution in [0, 0.1) is 0 Å². The van der Waals surface area contributed by atoms with E-state index in [1.54, 1.807) is 12.1 Å². The van der Waals surface area contributed by atoms with Crippen molar-refractivity contribution in [3.8, 4) is 0 Å². The standard InChI is InChI=1S/C12H19N3O2/c1-3-14-8-10(9-15(14)4-2)13-12(16)11-6-5-7-17-11/h5-7,10H,3-4,8-9H2,1-2H3,(H,13,16). The van der Waals surface area contributed by atoms with Crippen molar-refractivity contribution in [2.24, 2.45) is 0 Å². The number of hydrazine groups is 1. The van der Waals surface area contributed by atoms with Gasteiger partial charge in [-0.25, -0.2) is 10.0 Å². The molecule has 1 aliphatic heterocycles. The Bertz CT molecular complexity index is 352. The van der Waals surface area contributed by atoms with Crippen molar-refractivity contribution in [2.75, 3.05) is 26.2 Å². The number of nitrogens with one attached hydrogen (secondary N) is 1. The van der Waals surface area contributed by atoms with Crippen LogP contribution in [0.5, 0.6) is 0 Å². The van der Waals surface area contributed by atoms with E-state index in [1.807, 2.05) is 0 Å². The van der Waals surface area contributed by atoms with Gasteiger partial charge in [-0.3, -0.25) is 4.79 Å². The third-order valence-corrected chi connectivity index (χ3v) is 3.07. The molecule has 0 unspecified atom stereocenters. The van der Waals surface area contributed by atoms with Gasteiger partial charge in [0.1, 0.15) is 0 Å². The molecule has 94 valence electrons. The van der Waals surface area contributed by atoms with Crippen LogP contribution in [-0.4, -0.2) is 48.1 Å². The third kappa shape index (κ3) is 2.68. The van der Waals surface area contributed by atoms with Crippen molar-refractivity contribution in [2.45, 2.75) is 19.9 Å².